The molecular weight excluding hydrogens is 208 g/mol. The molecule has 0 saturated carbocycles. The molecule has 5 heteroatoms. The number of piperidine rings is 2. The number of carboxylic acid groups (broad SMARTS) is 1. The third kappa shape index (κ3) is 2.72. The Morgan fingerprint density at radius 2 is 1.75 bits per heavy atom. The molecule has 0 aromatic rings. The number of aliphatic carboxylic acids is 1. The second kappa shape index (κ2) is 5.12. The SMILES string of the molecule is O=C(O)C1CCCN(N2CCC(O)CC2)C1. The van der Waals surface area contributed by atoms with E-state index in [1.807, 2.05) is 0 Å². The van der Waals surface area contributed by atoms with Crippen LogP contribution in [0.15, 0.2) is 0 Å². The molecule has 0 aromatic heterocycles. The molecule has 0 amide bonds. The van der Waals surface area contributed by atoms with Gasteiger partial charge in [0.1, 0.15) is 0 Å². The van der Waals surface area contributed by atoms with Crippen LogP contribution in [0.2, 0.25) is 0 Å². The summed E-state index contributed by atoms with van der Waals surface area (Å²) in [6, 6.07) is 0. The lowest BCUT2D eigenvalue weighted by Gasteiger charge is -2.42. The van der Waals surface area contributed by atoms with Gasteiger partial charge in [-0.1, -0.05) is 0 Å². The normalized spacial score (nSPS) is 30.4. The van der Waals surface area contributed by atoms with Gasteiger partial charge >= 0.3 is 5.97 Å². The first kappa shape index (κ1) is 11.8. The highest BCUT2D eigenvalue weighted by molar-refractivity contribution is 5.70. The van der Waals surface area contributed by atoms with E-state index < -0.39 is 5.97 Å². The van der Waals surface area contributed by atoms with Crippen molar-refractivity contribution in [1.82, 2.24) is 10.0 Å². The number of carboxylic acids is 1. The van der Waals surface area contributed by atoms with Gasteiger partial charge in [-0.2, -0.15) is 0 Å². The molecule has 2 rings (SSSR count). The van der Waals surface area contributed by atoms with Crippen LogP contribution in [0.4, 0.5) is 0 Å². The van der Waals surface area contributed by atoms with Crippen molar-refractivity contribution in [3.8, 4) is 0 Å². The molecule has 1 atom stereocenters. The van der Waals surface area contributed by atoms with Crippen molar-refractivity contribution >= 4 is 5.97 Å². The van der Waals surface area contributed by atoms with E-state index in [0.717, 1.165) is 45.3 Å². The summed E-state index contributed by atoms with van der Waals surface area (Å²) in [5.41, 5.74) is 0. The fourth-order valence-electron chi connectivity index (χ4n) is 2.55. The number of aliphatic hydroxyl groups is 1. The lowest BCUT2D eigenvalue weighted by molar-refractivity contribution is -0.149. The minimum atomic E-state index is -0.679. The van der Waals surface area contributed by atoms with Crippen LogP contribution < -0.4 is 0 Å². The van der Waals surface area contributed by atoms with Crippen molar-refractivity contribution in [2.75, 3.05) is 26.2 Å². The van der Waals surface area contributed by atoms with Gasteiger partial charge in [-0.05, 0) is 25.7 Å². The maximum Gasteiger partial charge on any atom is 0.307 e. The zero-order valence-electron chi connectivity index (χ0n) is 9.51. The van der Waals surface area contributed by atoms with Gasteiger partial charge < -0.3 is 10.2 Å². The summed E-state index contributed by atoms with van der Waals surface area (Å²) in [5, 5.41) is 22.8. The fraction of sp³-hybridized carbons (Fsp3) is 0.909. The zero-order valence-corrected chi connectivity index (χ0v) is 9.51. The van der Waals surface area contributed by atoms with Gasteiger partial charge in [0.15, 0.2) is 0 Å². The van der Waals surface area contributed by atoms with E-state index in [-0.39, 0.29) is 12.0 Å². The highest BCUT2D eigenvalue weighted by Crippen LogP contribution is 2.21. The number of rotatable bonds is 2. The van der Waals surface area contributed by atoms with Crippen molar-refractivity contribution in [2.24, 2.45) is 5.92 Å². The van der Waals surface area contributed by atoms with E-state index in [4.69, 9.17) is 5.11 Å². The molecule has 0 aliphatic carbocycles. The molecule has 5 nitrogen and oxygen atoms in total. The Kier molecular flexibility index (Phi) is 3.78. The Bertz CT molecular complexity index is 252. The van der Waals surface area contributed by atoms with Gasteiger partial charge in [0, 0.05) is 26.2 Å². The van der Waals surface area contributed by atoms with Crippen LogP contribution in [-0.4, -0.2) is 58.5 Å². The average molecular weight is 228 g/mol. The molecule has 92 valence electrons. The maximum atomic E-state index is 10.9. The summed E-state index contributed by atoms with van der Waals surface area (Å²) < 4.78 is 0. The number of nitrogens with zero attached hydrogens (tertiary/aromatic N) is 2. The Morgan fingerprint density at radius 1 is 1.06 bits per heavy atom. The molecule has 2 fully saturated rings. The van der Waals surface area contributed by atoms with Crippen LogP contribution in [0.1, 0.15) is 25.7 Å². The highest BCUT2D eigenvalue weighted by atomic mass is 16.4. The second-order valence-electron chi connectivity index (χ2n) is 4.77. The Hall–Kier alpha value is -0.650. The van der Waals surface area contributed by atoms with E-state index >= 15 is 0 Å². The third-order valence-electron chi connectivity index (χ3n) is 3.59. The summed E-state index contributed by atoms with van der Waals surface area (Å²) in [7, 11) is 0. The molecule has 2 aliphatic rings. The van der Waals surface area contributed by atoms with Gasteiger partial charge in [0.2, 0.25) is 0 Å². The van der Waals surface area contributed by atoms with Crippen molar-refractivity contribution in [3.05, 3.63) is 0 Å². The minimum absolute atomic E-state index is 0.170. The van der Waals surface area contributed by atoms with Gasteiger partial charge in [-0.3, -0.25) is 4.79 Å². The molecule has 16 heavy (non-hydrogen) atoms. The highest BCUT2D eigenvalue weighted by Gasteiger charge is 2.30. The first-order valence-corrected chi connectivity index (χ1v) is 6.07. The predicted octanol–water partition coefficient (Wildman–Crippen LogP) is 0.155. The predicted molar refractivity (Wildman–Crippen MR) is 58.7 cm³/mol. The molecule has 2 aliphatic heterocycles. The molecule has 1 unspecified atom stereocenters. The van der Waals surface area contributed by atoms with Crippen molar-refractivity contribution in [1.29, 1.82) is 0 Å². The molecule has 2 heterocycles. The first-order chi connectivity index (χ1) is 7.66. The monoisotopic (exact) mass is 228 g/mol. The van der Waals surface area contributed by atoms with Crippen LogP contribution >= 0.6 is 0 Å². The topological polar surface area (TPSA) is 64.0 Å². The summed E-state index contributed by atoms with van der Waals surface area (Å²) >= 11 is 0. The van der Waals surface area contributed by atoms with Gasteiger partial charge in [-0.15, -0.1) is 0 Å². The largest absolute Gasteiger partial charge is 0.481 e. The van der Waals surface area contributed by atoms with Crippen molar-refractivity contribution < 1.29 is 15.0 Å². The molecule has 0 bridgehead atoms. The van der Waals surface area contributed by atoms with Crippen LogP contribution in [0.3, 0.4) is 0 Å². The van der Waals surface area contributed by atoms with Gasteiger partial charge in [-0.25, -0.2) is 10.0 Å². The number of hydrogen-bond acceptors (Lipinski definition) is 4. The second-order valence-corrected chi connectivity index (χ2v) is 4.77. The van der Waals surface area contributed by atoms with E-state index in [2.05, 4.69) is 10.0 Å². The van der Waals surface area contributed by atoms with E-state index in [9.17, 15) is 9.90 Å². The zero-order chi connectivity index (χ0) is 11.5. The van der Waals surface area contributed by atoms with Gasteiger partial charge in [0.05, 0.1) is 12.0 Å². The molecule has 2 N–H and O–H groups in total. The van der Waals surface area contributed by atoms with Crippen LogP contribution in [0, 0.1) is 5.92 Å². The van der Waals surface area contributed by atoms with Crippen LogP contribution in [-0.2, 0) is 4.79 Å². The molecular formula is C11H20N2O3. The number of hydrazine groups is 1. The molecule has 2 saturated heterocycles. The van der Waals surface area contributed by atoms with Gasteiger partial charge in [0.25, 0.3) is 0 Å². The fourth-order valence-corrected chi connectivity index (χ4v) is 2.55. The number of carbonyl (C=O) groups is 1. The first-order valence-electron chi connectivity index (χ1n) is 6.07. The lowest BCUT2D eigenvalue weighted by atomic mass is 9.99. The number of aliphatic hydroxyl groups excluding tert-OH is 1. The summed E-state index contributed by atoms with van der Waals surface area (Å²) in [6.07, 6.45) is 3.18. The summed E-state index contributed by atoms with van der Waals surface area (Å²) in [5.74, 6) is -0.901. The van der Waals surface area contributed by atoms with E-state index in [1.54, 1.807) is 0 Å². The van der Waals surface area contributed by atoms with Crippen molar-refractivity contribution in [3.63, 3.8) is 0 Å². The van der Waals surface area contributed by atoms with E-state index in [0.29, 0.717) is 6.54 Å². The van der Waals surface area contributed by atoms with E-state index in [1.165, 1.54) is 0 Å². The lowest BCUT2D eigenvalue weighted by Crippen LogP contribution is -2.52. The smallest absolute Gasteiger partial charge is 0.307 e. The molecule has 0 spiro atoms. The Balaban J connectivity index is 1.87. The number of hydrogen-bond donors (Lipinski definition) is 2. The molecule has 0 radical (unpaired) electrons. The summed E-state index contributed by atoms with van der Waals surface area (Å²) in [6.45, 7) is 3.30. The minimum Gasteiger partial charge on any atom is -0.481 e. The van der Waals surface area contributed by atoms with Crippen LogP contribution in [0.25, 0.3) is 0 Å². The third-order valence-corrected chi connectivity index (χ3v) is 3.59. The maximum absolute atomic E-state index is 10.9. The standard InChI is InChI=1S/C11H20N2O3/c14-10-3-6-12(7-4-10)13-5-1-2-9(8-13)11(15)16/h9-10,14H,1-8H2,(H,15,16). The average Bonchev–Trinajstić information content (AvgIpc) is 2.30. The Labute approximate surface area is 95.6 Å². The van der Waals surface area contributed by atoms with Crippen molar-refractivity contribution in [2.45, 2.75) is 31.8 Å². The summed E-state index contributed by atoms with van der Waals surface area (Å²) in [4.78, 5) is 10.9. The quantitative estimate of drug-likeness (QED) is 0.704. The Morgan fingerprint density at radius 3 is 2.38 bits per heavy atom. The molecule has 0 aromatic carbocycles. The van der Waals surface area contributed by atoms with Crippen LogP contribution in [0.5, 0.6) is 0 Å².